The minimum absolute atomic E-state index is 0.0281. The minimum atomic E-state index is -0.671. The van der Waals surface area contributed by atoms with Crippen LogP contribution in [-0.2, 0) is 19.6 Å². The normalized spacial score (nSPS) is 10.6. The van der Waals surface area contributed by atoms with E-state index in [0.717, 1.165) is 18.6 Å². The molecule has 0 aromatic carbocycles. The average molecular weight is 340 g/mol. The van der Waals surface area contributed by atoms with Gasteiger partial charge in [0.1, 0.15) is 0 Å². The van der Waals surface area contributed by atoms with Crippen molar-refractivity contribution >= 4 is 22.9 Å². The molecule has 6 nitrogen and oxygen atoms in total. The van der Waals surface area contributed by atoms with E-state index in [4.69, 9.17) is 11.6 Å². The molecular weight excluding hydrogens is 326 g/mol. The van der Waals surface area contributed by atoms with Crippen molar-refractivity contribution < 1.29 is 0 Å². The first kappa shape index (κ1) is 16.3. The maximum absolute atomic E-state index is 12.4. The van der Waals surface area contributed by atoms with Gasteiger partial charge in [0.15, 0.2) is 0 Å². The van der Waals surface area contributed by atoms with Crippen molar-refractivity contribution in [2.75, 3.05) is 0 Å². The molecule has 116 valence electrons. The molecule has 0 aliphatic carbocycles. The van der Waals surface area contributed by atoms with Crippen molar-refractivity contribution in [3.05, 3.63) is 78.1 Å². The van der Waals surface area contributed by atoms with E-state index >= 15 is 0 Å². The smallest absolute Gasteiger partial charge is 0.247 e. The van der Waals surface area contributed by atoms with Gasteiger partial charge < -0.3 is 0 Å². The standard InChI is InChI=1S/C14H14ClN3O3S/c1-3-7-16-12(19)17(8-4-2)14(21)18(13(16)20)9-10-5-6-11(15)22-10/h3-6H,1-2,7-9H2. The number of hydrogen-bond donors (Lipinski definition) is 0. The highest BCUT2D eigenvalue weighted by Crippen LogP contribution is 2.21. The van der Waals surface area contributed by atoms with E-state index in [9.17, 15) is 14.4 Å². The summed E-state index contributed by atoms with van der Waals surface area (Å²) in [7, 11) is 0. The largest absolute Gasteiger partial charge is 0.336 e. The second-order valence-electron chi connectivity index (χ2n) is 4.44. The summed E-state index contributed by atoms with van der Waals surface area (Å²) in [6, 6.07) is 3.42. The zero-order chi connectivity index (χ0) is 16.3. The highest BCUT2D eigenvalue weighted by molar-refractivity contribution is 7.16. The third-order valence-electron chi connectivity index (χ3n) is 2.95. The first-order valence-corrected chi connectivity index (χ1v) is 7.59. The van der Waals surface area contributed by atoms with Crippen LogP contribution in [0.4, 0.5) is 0 Å². The molecule has 0 saturated carbocycles. The quantitative estimate of drug-likeness (QED) is 0.745. The molecule has 0 atom stereocenters. The van der Waals surface area contributed by atoms with Gasteiger partial charge in [0, 0.05) is 4.88 Å². The number of allylic oxidation sites excluding steroid dienone is 2. The van der Waals surface area contributed by atoms with Gasteiger partial charge in [0.05, 0.1) is 24.0 Å². The summed E-state index contributed by atoms with van der Waals surface area (Å²) in [5, 5.41) is 0. The molecule has 0 bridgehead atoms. The Balaban J connectivity index is 2.68. The van der Waals surface area contributed by atoms with E-state index in [1.165, 1.54) is 23.5 Å². The lowest BCUT2D eigenvalue weighted by atomic mass is 10.4. The van der Waals surface area contributed by atoms with E-state index in [1.807, 2.05) is 0 Å². The highest BCUT2D eigenvalue weighted by atomic mass is 35.5. The number of aromatic nitrogens is 3. The van der Waals surface area contributed by atoms with Crippen LogP contribution < -0.4 is 17.1 Å². The molecule has 0 aliphatic heterocycles. The Morgan fingerprint density at radius 2 is 1.45 bits per heavy atom. The molecule has 0 saturated heterocycles. The van der Waals surface area contributed by atoms with E-state index in [2.05, 4.69) is 13.2 Å². The van der Waals surface area contributed by atoms with Crippen molar-refractivity contribution in [3.63, 3.8) is 0 Å². The third-order valence-corrected chi connectivity index (χ3v) is 4.17. The third kappa shape index (κ3) is 3.05. The molecule has 8 heteroatoms. The predicted octanol–water partition coefficient (Wildman–Crippen LogP) is 1.31. The maximum Gasteiger partial charge on any atom is 0.336 e. The van der Waals surface area contributed by atoms with Gasteiger partial charge in [0.2, 0.25) is 0 Å². The van der Waals surface area contributed by atoms with Gasteiger partial charge in [-0.1, -0.05) is 23.8 Å². The van der Waals surface area contributed by atoms with Crippen LogP contribution >= 0.6 is 22.9 Å². The highest BCUT2D eigenvalue weighted by Gasteiger charge is 2.14. The van der Waals surface area contributed by atoms with Gasteiger partial charge >= 0.3 is 17.1 Å². The van der Waals surface area contributed by atoms with E-state index in [1.54, 1.807) is 12.1 Å². The fraction of sp³-hybridized carbons (Fsp3) is 0.214. The van der Waals surface area contributed by atoms with E-state index in [-0.39, 0.29) is 19.6 Å². The van der Waals surface area contributed by atoms with Gasteiger partial charge in [-0.2, -0.15) is 0 Å². The number of hydrogen-bond acceptors (Lipinski definition) is 4. The lowest BCUT2D eigenvalue weighted by molar-refractivity contribution is 0.500. The summed E-state index contributed by atoms with van der Waals surface area (Å²) < 4.78 is 3.51. The van der Waals surface area contributed by atoms with Crippen LogP contribution in [0.25, 0.3) is 0 Å². The molecule has 0 amide bonds. The Morgan fingerprint density at radius 3 is 1.86 bits per heavy atom. The molecule has 0 fully saturated rings. The van der Waals surface area contributed by atoms with Gasteiger partial charge in [-0.3, -0.25) is 0 Å². The Morgan fingerprint density at radius 1 is 0.955 bits per heavy atom. The average Bonchev–Trinajstić information content (AvgIpc) is 2.90. The molecule has 2 aromatic heterocycles. The molecule has 2 heterocycles. The first-order valence-electron chi connectivity index (χ1n) is 6.40. The van der Waals surface area contributed by atoms with E-state index in [0.29, 0.717) is 4.34 Å². The fourth-order valence-electron chi connectivity index (χ4n) is 1.98. The SMILES string of the molecule is C=CCn1c(=O)n(CC=C)c(=O)n(Cc2ccc(Cl)s2)c1=O. The summed E-state index contributed by atoms with van der Waals surface area (Å²) in [4.78, 5) is 37.7. The second-order valence-corrected chi connectivity index (χ2v) is 6.24. The number of halogens is 1. The van der Waals surface area contributed by atoms with Crippen LogP contribution in [0.1, 0.15) is 4.88 Å². The molecule has 0 spiro atoms. The van der Waals surface area contributed by atoms with Crippen molar-refractivity contribution in [3.8, 4) is 0 Å². The van der Waals surface area contributed by atoms with Crippen LogP contribution in [0.2, 0.25) is 4.34 Å². The first-order chi connectivity index (χ1) is 10.5. The zero-order valence-electron chi connectivity index (χ0n) is 11.7. The van der Waals surface area contributed by atoms with E-state index < -0.39 is 17.1 Å². The Bertz CT molecular complexity index is 840. The molecule has 2 rings (SSSR count). The lowest BCUT2D eigenvalue weighted by Crippen LogP contribution is -2.54. The summed E-state index contributed by atoms with van der Waals surface area (Å²) >= 11 is 7.13. The van der Waals surface area contributed by atoms with Gasteiger partial charge in [-0.15, -0.1) is 24.5 Å². The molecular formula is C14H14ClN3O3S. The number of nitrogens with zero attached hydrogens (tertiary/aromatic N) is 3. The summed E-state index contributed by atoms with van der Waals surface area (Å²) in [6.07, 6.45) is 2.86. The summed E-state index contributed by atoms with van der Waals surface area (Å²) in [5.74, 6) is 0. The van der Waals surface area contributed by atoms with Crippen LogP contribution in [-0.4, -0.2) is 13.7 Å². The molecule has 0 radical (unpaired) electrons. The number of thiophene rings is 1. The molecule has 2 aromatic rings. The molecule has 0 aliphatic rings. The molecule has 0 unspecified atom stereocenters. The minimum Gasteiger partial charge on any atom is -0.247 e. The van der Waals surface area contributed by atoms with Crippen molar-refractivity contribution in [1.82, 2.24) is 13.7 Å². The van der Waals surface area contributed by atoms with Crippen LogP contribution in [0.15, 0.2) is 51.8 Å². The monoisotopic (exact) mass is 339 g/mol. The Hall–Kier alpha value is -2.12. The predicted molar refractivity (Wildman–Crippen MR) is 88.0 cm³/mol. The van der Waals surface area contributed by atoms with Gasteiger partial charge in [-0.25, -0.2) is 28.1 Å². The summed E-state index contributed by atoms with van der Waals surface area (Å²) in [5.41, 5.74) is -2.00. The maximum atomic E-state index is 12.4. The van der Waals surface area contributed by atoms with Crippen molar-refractivity contribution in [1.29, 1.82) is 0 Å². The lowest BCUT2D eigenvalue weighted by Gasteiger charge is -2.11. The zero-order valence-corrected chi connectivity index (χ0v) is 13.3. The van der Waals surface area contributed by atoms with Crippen LogP contribution in [0.5, 0.6) is 0 Å². The fourth-order valence-corrected chi connectivity index (χ4v) is 3.06. The second kappa shape index (κ2) is 6.76. The number of rotatable bonds is 6. The van der Waals surface area contributed by atoms with Crippen molar-refractivity contribution in [2.24, 2.45) is 0 Å². The van der Waals surface area contributed by atoms with Crippen LogP contribution in [0.3, 0.4) is 0 Å². The molecule has 22 heavy (non-hydrogen) atoms. The van der Waals surface area contributed by atoms with Crippen LogP contribution in [0, 0.1) is 0 Å². The topological polar surface area (TPSA) is 66.0 Å². The van der Waals surface area contributed by atoms with Gasteiger partial charge in [-0.05, 0) is 12.1 Å². The van der Waals surface area contributed by atoms with Gasteiger partial charge in [0.25, 0.3) is 0 Å². The Labute approximate surface area is 134 Å². The Kier molecular flexibility index (Phi) is 4.99. The van der Waals surface area contributed by atoms with Crippen molar-refractivity contribution in [2.45, 2.75) is 19.6 Å². The molecule has 0 N–H and O–H groups in total. The summed E-state index contributed by atoms with van der Waals surface area (Å²) in [6.45, 7) is 7.16.